The van der Waals surface area contributed by atoms with Gasteiger partial charge in [0.1, 0.15) is 49.7 Å². The van der Waals surface area contributed by atoms with E-state index in [-0.39, 0.29) is 6.79 Å². The average Bonchev–Trinajstić information content (AvgIpc) is 3.19. The lowest BCUT2D eigenvalue weighted by Gasteiger charge is -2.41. The Kier molecular flexibility index (Phi) is 7.10. The van der Waals surface area contributed by atoms with E-state index in [0.717, 1.165) is 10.0 Å². The van der Waals surface area contributed by atoms with Crippen LogP contribution in [0.15, 0.2) is 40.9 Å². The highest BCUT2D eigenvalue weighted by molar-refractivity contribution is 9.10. The molecule has 1 saturated heterocycles. The summed E-state index contributed by atoms with van der Waals surface area (Å²) >= 11 is 3.42. The third-order valence-corrected chi connectivity index (χ3v) is 5.58. The SMILES string of the molecule is C=CCOc1ccc(/C=C(/C)C(=O)N[C@@H]2[C@H](O)[C@@H](O)[C@H]3OCO[C@H]3[C@@H]2O)cc1Br. The van der Waals surface area contributed by atoms with Crippen molar-refractivity contribution < 1.29 is 34.3 Å². The molecule has 0 unspecified atom stereocenters. The number of rotatable bonds is 6. The number of halogens is 1. The molecular weight excluding hydrogens is 446 g/mol. The van der Waals surface area contributed by atoms with Gasteiger partial charge in [0.2, 0.25) is 5.91 Å². The topological polar surface area (TPSA) is 117 Å². The number of fused-ring (bicyclic) bond motifs is 1. The summed E-state index contributed by atoms with van der Waals surface area (Å²) in [4.78, 5) is 12.6. The second-order valence-electron chi connectivity index (χ2n) is 6.97. The minimum atomic E-state index is -1.39. The van der Waals surface area contributed by atoms with Crippen LogP contribution < -0.4 is 10.1 Å². The van der Waals surface area contributed by atoms with E-state index >= 15 is 0 Å². The Balaban J connectivity index is 1.69. The molecule has 2 aliphatic rings. The van der Waals surface area contributed by atoms with Crippen LogP contribution in [0.4, 0.5) is 0 Å². The molecule has 6 atom stereocenters. The number of carbonyl (C=O) groups is 1. The molecule has 2 fully saturated rings. The van der Waals surface area contributed by atoms with Crippen molar-refractivity contribution >= 4 is 27.9 Å². The third-order valence-electron chi connectivity index (χ3n) is 4.96. The van der Waals surface area contributed by atoms with E-state index in [4.69, 9.17) is 14.2 Å². The maximum Gasteiger partial charge on any atom is 0.247 e. The van der Waals surface area contributed by atoms with E-state index in [2.05, 4.69) is 27.8 Å². The molecule has 1 saturated carbocycles. The lowest BCUT2D eigenvalue weighted by Crippen LogP contribution is -2.67. The summed E-state index contributed by atoms with van der Waals surface area (Å²) < 4.78 is 16.7. The van der Waals surface area contributed by atoms with E-state index in [1.165, 1.54) is 0 Å². The zero-order valence-electron chi connectivity index (χ0n) is 15.8. The summed E-state index contributed by atoms with van der Waals surface area (Å²) in [6.45, 7) is 5.51. The summed E-state index contributed by atoms with van der Waals surface area (Å²) in [5.41, 5.74) is 1.11. The Morgan fingerprint density at radius 1 is 1.28 bits per heavy atom. The predicted molar refractivity (Wildman–Crippen MR) is 108 cm³/mol. The lowest BCUT2D eigenvalue weighted by atomic mass is 9.83. The molecule has 29 heavy (non-hydrogen) atoms. The van der Waals surface area contributed by atoms with Gasteiger partial charge in [-0.25, -0.2) is 0 Å². The number of ether oxygens (including phenoxy) is 3. The number of hydrogen-bond donors (Lipinski definition) is 4. The van der Waals surface area contributed by atoms with Crippen LogP contribution in [0.5, 0.6) is 5.75 Å². The quantitative estimate of drug-likeness (QED) is 0.358. The molecule has 0 aromatic heterocycles. The number of aliphatic hydroxyl groups excluding tert-OH is 3. The highest BCUT2D eigenvalue weighted by Crippen LogP contribution is 2.30. The van der Waals surface area contributed by atoms with Crippen molar-refractivity contribution in [1.29, 1.82) is 0 Å². The molecule has 158 valence electrons. The molecule has 0 bridgehead atoms. The fourth-order valence-electron chi connectivity index (χ4n) is 3.41. The van der Waals surface area contributed by atoms with Gasteiger partial charge < -0.3 is 34.8 Å². The van der Waals surface area contributed by atoms with Crippen LogP contribution in [0.3, 0.4) is 0 Å². The first-order chi connectivity index (χ1) is 13.8. The summed E-state index contributed by atoms with van der Waals surface area (Å²) in [5, 5.41) is 33.5. The number of carbonyl (C=O) groups excluding carboxylic acids is 1. The number of nitrogens with one attached hydrogen (secondary N) is 1. The Morgan fingerprint density at radius 2 is 1.97 bits per heavy atom. The first-order valence-corrected chi connectivity index (χ1v) is 9.92. The van der Waals surface area contributed by atoms with Gasteiger partial charge >= 0.3 is 0 Å². The van der Waals surface area contributed by atoms with Crippen LogP contribution in [0.2, 0.25) is 0 Å². The number of benzene rings is 1. The first kappa shape index (κ1) is 21.9. The maximum absolute atomic E-state index is 12.6. The normalized spacial score (nSPS) is 31.8. The Labute approximate surface area is 176 Å². The molecule has 9 heteroatoms. The van der Waals surface area contributed by atoms with E-state index in [9.17, 15) is 20.1 Å². The summed E-state index contributed by atoms with van der Waals surface area (Å²) in [6, 6.07) is 4.28. The Bertz CT molecular complexity index is 799. The van der Waals surface area contributed by atoms with Gasteiger partial charge in [-0.1, -0.05) is 18.7 Å². The fourth-order valence-corrected chi connectivity index (χ4v) is 3.92. The van der Waals surface area contributed by atoms with Crippen LogP contribution in [0.1, 0.15) is 12.5 Å². The lowest BCUT2D eigenvalue weighted by molar-refractivity contribution is -0.155. The zero-order chi connectivity index (χ0) is 21.1. The standard InChI is InChI=1S/C20H24BrNO7/c1-3-6-27-13-5-4-11(8-12(13)21)7-10(2)20(26)22-14-15(23)17(25)19-18(16(14)24)28-9-29-19/h3-5,7-8,14-19,23-25H,1,6,9H2,2H3,(H,22,26)/b10-7-/t14-,15+,16-,17-,18+,19-/m1/s1. The molecule has 3 rings (SSSR count). The van der Waals surface area contributed by atoms with Crippen LogP contribution in [0.25, 0.3) is 6.08 Å². The molecule has 1 aromatic carbocycles. The molecule has 0 spiro atoms. The molecule has 0 radical (unpaired) electrons. The minimum Gasteiger partial charge on any atom is -0.488 e. The van der Waals surface area contributed by atoms with Gasteiger partial charge in [-0.05, 0) is 46.6 Å². The van der Waals surface area contributed by atoms with Crippen molar-refractivity contribution in [2.45, 2.75) is 43.5 Å². The van der Waals surface area contributed by atoms with Gasteiger partial charge in [-0.2, -0.15) is 0 Å². The van der Waals surface area contributed by atoms with Gasteiger partial charge in [-0.15, -0.1) is 0 Å². The molecule has 1 aromatic rings. The molecule has 4 N–H and O–H groups in total. The summed E-state index contributed by atoms with van der Waals surface area (Å²) in [7, 11) is 0. The minimum absolute atomic E-state index is 0.0862. The maximum atomic E-state index is 12.6. The van der Waals surface area contributed by atoms with Crippen LogP contribution in [-0.2, 0) is 14.3 Å². The first-order valence-electron chi connectivity index (χ1n) is 9.13. The summed E-state index contributed by atoms with van der Waals surface area (Å²) in [5.74, 6) is 0.167. The number of amides is 1. The molecule has 1 heterocycles. The van der Waals surface area contributed by atoms with E-state index in [1.54, 1.807) is 37.3 Å². The fraction of sp³-hybridized carbons (Fsp3) is 0.450. The van der Waals surface area contributed by atoms with Gasteiger partial charge in [-0.3, -0.25) is 4.79 Å². The van der Waals surface area contributed by atoms with Gasteiger partial charge in [0.25, 0.3) is 0 Å². The van der Waals surface area contributed by atoms with E-state index in [0.29, 0.717) is 17.9 Å². The number of aliphatic hydroxyl groups is 3. The summed E-state index contributed by atoms with van der Waals surface area (Å²) in [6.07, 6.45) is -2.23. The highest BCUT2D eigenvalue weighted by atomic mass is 79.9. The Hall–Kier alpha value is -1.75. The van der Waals surface area contributed by atoms with Gasteiger partial charge in [0.15, 0.2) is 0 Å². The van der Waals surface area contributed by atoms with Crippen molar-refractivity contribution in [1.82, 2.24) is 5.32 Å². The second-order valence-corrected chi connectivity index (χ2v) is 7.82. The van der Waals surface area contributed by atoms with Gasteiger partial charge in [0.05, 0.1) is 10.5 Å². The largest absolute Gasteiger partial charge is 0.488 e. The predicted octanol–water partition coefficient (Wildman–Crippen LogP) is 0.740. The highest BCUT2D eigenvalue weighted by Gasteiger charge is 2.53. The van der Waals surface area contributed by atoms with Crippen LogP contribution >= 0.6 is 15.9 Å². The average molecular weight is 470 g/mol. The zero-order valence-corrected chi connectivity index (χ0v) is 17.4. The van der Waals surface area contributed by atoms with Crippen molar-refractivity contribution in [3.8, 4) is 5.75 Å². The molecule has 1 aliphatic heterocycles. The monoisotopic (exact) mass is 469 g/mol. The van der Waals surface area contributed by atoms with Crippen LogP contribution in [0, 0.1) is 0 Å². The number of hydrogen-bond acceptors (Lipinski definition) is 7. The van der Waals surface area contributed by atoms with Crippen molar-refractivity contribution in [3.05, 3.63) is 46.5 Å². The molecule has 1 aliphatic carbocycles. The van der Waals surface area contributed by atoms with Gasteiger partial charge in [0, 0.05) is 5.57 Å². The van der Waals surface area contributed by atoms with Crippen molar-refractivity contribution in [2.24, 2.45) is 0 Å². The van der Waals surface area contributed by atoms with Crippen molar-refractivity contribution in [2.75, 3.05) is 13.4 Å². The Morgan fingerprint density at radius 3 is 2.62 bits per heavy atom. The smallest absolute Gasteiger partial charge is 0.247 e. The van der Waals surface area contributed by atoms with E-state index < -0.39 is 42.5 Å². The molecule has 8 nitrogen and oxygen atoms in total. The molecular formula is C20H24BrNO7. The molecule has 1 amide bonds. The van der Waals surface area contributed by atoms with E-state index in [1.807, 2.05) is 0 Å². The van der Waals surface area contributed by atoms with Crippen molar-refractivity contribution in [3.63, 3.8) is 0 Å². The van der Waals surface area contributed by atoms with Crippen LogP contribution in [-0.4, -0.2) is 71.2 Å². The second kappa shape index (κ2) is 9.38. The third kappa shape index (κ3) is 4.71.